The molecular formula is C19H23NO3. The number of carbonyl (C=O) groups excluding carboxylic acids is 1. The molecule has 4 nitrogen and oxygen atoms in total. The van der Waals surface area contributed by atoms with Crippen LogP contribution < -0.4 is 5.32 Å². The van der Waals surface area contributed by atoms with Crippen LogP contribution in [0.15, 0.2) is 60.7 Å². The van der Waals surface area contributed by atoms with E-state index in [1.54, 1.807) is 6.92 Å². The van der Waals surface area contributed by atoms with Crippen LogP contribution in [0, 0.1) is 0 Å². The van der Waals surface area contributed by atoms with Gasteiger partial charge in [0, 0.05) is 6.04 Å². The van der Waals surface area contributed by atoms with Gasteiger partial charge in [0.1, 0.15) is 0 Å². The summed E-state index contributed by atoms with van der Waals surface area (Å²) in [5, 5.41) is 13.8. The lowest BCUT2D eigenvalue weighted by atomic mass is 9.98. The molecule has 2 aromatic rings. The van der Waals surface area contributed by atoms with Gasteiger partial charge in [0.15, 0.2) is 6.10 Å². The van der Waals surface area contributed by atoms with Crippen molar-refractivity contribution in [1.29, 1.82) is 0 Å². The molecule has 0 aliphatic heterocycles. The highest BCUT2D eigenvalue weighted by Crippen LogP contribution is 2.23. The zero-order valence-corrected chi connectivity index (χ0v) is 13.5. The van der Waals surface area contributed by atoms with Crippen LogP contribution in [-0.4, -0.2) is 23.8 Å². The van der Waals surface area contributed by atoms with Crippen LogP contribution in [0.1, 0.15) is 37.1 Å². The SMILES string of the molecule is CCOC(=O)[C@H](O)[C@H](NC(C)c1ccccc1)c1ccccc1. The number of carbonyl (C=O) groups is 1. The van der Waals surface area contributed by atoms with Gasteiger partial charge in [-0.05, 0) is 25.0 Å². The van der Waals surface area contributed by atoms with Gasteiger partial charge in [-0.3, -0.25) is 0 Å². The molecule has 0 radical (unpaired) electrons. The van der Waals surface area contributed by atoms with E-state index in [1.165, 1.54) is 0 Å². The Morgan fingerprint density at radius 2 is 1.57 bits per heavy atom. The Balaban J connectivity index is 2.22. The fourth-order valence-corrected chi connectivity index (χ4v) is 2.50. The van der Waals surface area contributed by atoms with Crippen LogP contribution in [0.2, 0.25) is 0 Å². The molecule has 0 saturated carbocycles. The number of hydrogen-bond acceptors (Lipinski definition) is 4. The van der Waals surface area contributed by atoms with Crippen molar-refractivity contribution >= 4 is 5.97 Å². The van der Waals surface area contributed by atoms with E-state index >= 15 is 0 Å². The molecule has 2 rings (SSSR count). The van der Waals surface area contributed by atoms with Crippen LogP contribution in [0.3, 0.4) is 0 Å². The van der Waals surface area contributed by atoms with Crippen molar-refractivity contribution in [2.45, 2.75) is 32.0 Å². The summed E-state index contributed by atoms with van der Waals surface area (Å²) in [5.41, 5.74) is 1.93. The molecule has 0 aliphatic rings. The predicted octanol–water partition coefficient (Wildman–Crippen LogP) is 3.00. The fraction of sp³-hybridized carbons (Fsp3) is 0.316. The van der Waals surface area contributed by atoms with E-state index in [1.807, 2.05) is 67.6 Å². The van der Waals surface area contributed by atoms with Crippen molar-refractivity contribution in [2.24, 2.45) is 0 Å². The molecule has 2 aromatic carbocycles. The van der Waals surface area contributed by atoms with Crippen molar-refractivity contribution in [3.8, 4) is 0 Å². The highest BCUT2D eigenvalue weighted by Gasteiger charge is 2.29. The molecule has 4 heteroatoms. The Hall–Kier alpha value is -2.17. The molecule has 2 N–H and O–H groups in total. The van der Waals surface area contributed by atoms with E-state index < -0.39 is 18.1 Å². The number of esters is 1. The van der Waals surface area contributed by atoms with E-state index in [4.69, 9.17) is 4.74 Å². The molecule has 122 valence electrons. The van der Waals surface area contributed by atoms with Crippen LogP contribution in [0.25, 0.3) is 0 Å². The third kappa shape index (κ3) is 4.65. The lowest BCUT2D eigenvalue weighted by Crippen LogP contribution is -2.39. The van der Waals surface area contributed by atoms with Crippen LogP contribution in [0.5, 0.6) is 0 Å². The summed E-state index contributed by atoms with van der Waals surface area (Å²) >= 11 is 0. The first-order valence-electron chi connectivity index (χ1n) is 7.84. The summed E-state index contributed by atoms with van der Waals surface area (Å²) in [6.45, 7) is 3.97. The Labute approximate surface area is 137 Å². The van der Waals surface area contributed by atoms with Crippen molar-refractivity contribution in [3.05, 3.63) is 71.8 Å². The molecule has 0 spiro atoms. The minimum atomic E-state index is -1.26. The average Bonchev–Trinajstić information content (AvgIpc) is 2.60. The first-order valence-corrected chi connectivity index (χ1v) is 7.84. The van der Waals surface area contributed by atoms with Crippen molar-refractivity contribution in [1.82, 2.24) is 5.32 Å². The van der Waals surface area contributed by atoms with Crippen LogP contribution in [0.4, 0.5) is 0 Å². The number of aliphatic hydroxyl groups is 1. The Kier molecular flexibility index (Phi) is 6.32. The summed E-state index contributed by atoms with van der Waals surface area (Å²) in [6, 6.07) is 18.8. The van der Waals surface area contributed by atoms with Gasteiger partial charge in [0.2, 0.25) is 0 Å². The van der Waals surface area contributed by atoms with Crippen molar-refractivity contribution in [3.63, 3.8) is 0 Å². The first-order chi connectivity index (χ1) is 11.1. The molecule has 0 fully saturated rings. The molecular weight excluding hydrogens is 290 g/mol. The van der Waals surface area contributed by atoms with E-state index in [0.717, 1.165) is 11.1 Å². The summed E-state index contributed by atoms with van der Waals surface area (Å²) in [6.07, 6.45) is -1.26. The molecule has 0 saturated heterocycles. The van der Waals surface area contributed by atoms with Crippen molar-refractivity contribution in [2.75, 3.05) is 6.61 Å². The third-order valence-electron chi connectivity index (χ3n) is 3.73. The Bertz CT molecular complexity index is 601. The second kappa shape index (κ2) is 8.46. The number of nitrogens with one attached hydrogen (secondary N) is 1. The van der Waals surface area contributed by atoms with Gasteiger partial charge in [0.05, 0.1) is 12.6 Å². The number of ether oxygens (including phenoxy) is 1. The first kappa shape index (κ1) is 17.2. The Morgan fingerprint density at radius 1 is 1.04 bits per heavy atom. The highest BCUT2D eigenvalue weighted by atomic mass is 16.5. The lowest BCUT2D eigenvalue weighted by Gasteiger charge is -2.27. The average molecular weight is 313 g/mol. The summed E-state index contributed by atoms with van der Waals surface area (Å²) in [4.78, 5) is 12.0. The zero-order chi connectivity index (χ0) is 16.7. The van der Waals surface area contributed by atoms with Gasteiger partial charge >= 0.3 is 5.97 Å². The second-order valence-electron chi connectivity index (χ2n) is 5.38. The number of hydrogen-bond donors (Lipinski definition) is 2. The predicted molar refractivity (Wildman–Crippen MR) is 89.8 cm³/mol. The van der Waals surface area contributed by atoms with Gasteiger partial charge < -0.3 is 15.2 Å². The van der Waals surface area contributed by atoms with E-state index in [2.05, 4.69) is 5.32 Å². The quantitative estimate of drug-likeness (QED) is 0.772. The van der Waals surface area contributed by atoms with Crippen LogP contribution in [-0.2, 0) is 9.53 Å². The number of benzene rings is 2. The molecule has 0 aliphatic carbocycles. The maximum atomic E-state index is 12.0. The van der Waals surface area contributed by atoms with Gasteiger partial charge in [-0.25, -0.2) is 4.79 Å². The van der Waals surface area contributed by atoms with Gasteiger partial charge in [-0.15, -0.1) is 0 Å². The molecule has 3 atom stereocenters. The fourth-order valence-electron chi connectivity index (χ4n) is 2.50. The van der Waals surface area contributed by atoms with Gasteiger partial charge in [-0.2, -0.15) is 0 Å². The second-order valence-corrected chi connectivity index (χ2v) is 5.38. The lowest BCUT2D eigenvalue weighted by molar-refractivity contribution is -0.154. The largest absolute Gasteiger partial charge is 0.464 e. The molecule has 23 heavy (non-hydrogen) atoms. The molecule has 0 heterocycles. The molecule has 1 unspecified atom stereocenters. The molecule has 0 amide bonds. The van der Waals surface area contributed by atoms with E-state index in [-0.39, 0.29) is 12.6 Å². The maximum Gasteiger partial charge on any atom is 0.336 e. The highest BCUT2D eigenvalue weighted by molar-refractivity contribution is 5.75. The maximum absolute atomic E-state index is 12.0. The zero-order valence-electron chi connectivity index (χ0n) is 13.5. The molecule has 0 aromatic heterocycles. The summed E-state index contributed by atoms with van der Waals surface area (Å²) in [5.74, 6) is -0.617. The monoisotopic (exact) mass is 313 g/mol. The van der Waals surface area contributed by atoms with E-state index in [0.29, 0.717) is 0 Å². The van der Waals surface area contributed by atoms with Gasteiger partial charge in [0.25, 0.3) is 0 Å². The number of aliphatic hydroxyl groups excluding tert-OH is 1. The minimum Gasteiger partial charge on any atom is -0.464 e. The van der Waals surface area contributed by atoms with Gasteiger partial charge in [-0.1, -0.05) is 60.7 Å². The minimum absolute atomic E-state index is 0.0227. The Morgan fingerprint density at radius 3 is 2.09 bits per heavy atom. The molecule has 0 bridgehead atoms. The van der Waals surface area contributed by atoms with Crippen molar-refractivity contribution < 1.29 is 14.6 Å². The van der Waals surface area contributed by atoms with Crippen LogP contribution >= 0.6 is 0 Å². The normalized spacial score (nSPS) is 14.7. The standard InChI is InChI=1S/C19H23NO3/c1-3-23-19(22)18(21)17(16-12-8-5-9-13-16)20-14(2)15-10-6-4-7-11-15/h4-14,17-18,20-21H,3H2,1-2H3/t14?,17-,18-/m1/s1. The topological polar surface area (TPSA) is 58.6 Å². The van der Waals surface area contributed by atoms with E-state index in [9.17, 15) is 9.90 Å². The third-order valence-corrected chi connectivity index (χ3v) is 3.73. The smallest absolute Gasteiger partial charge is 0.336 e. The summed E-state index contributed by atoms with van der Waals surface area (Å²) < 4.78 is 4.96. The summed E-state index contributed by atoms with van der Waals surface area (Å²) in [7, 11) is 0. The number of rotatable bonds is 7.